The molecule has 0 fully saturated rings. The van der Waals surface area contributed by atoms with Gasteiger partial charge in [0.2, 0.25) is 5.91 Å². The molecule has 88 valence electrons. The van der Waals surface area contributed by atoms with Gasteiger partial charge in [0.05, 0.1) is 16.4 Å². The zero-order chi connectivity index (χ0) is 12.1. The van der Waals surface area contributed by atoms with E-state index in [0.29, 0.717) is 11.4 Å². The molecule has 0 spiro atoms. The van der Waals surface area contributed by atoms with E-state index in [-0.39, 0.29) is 5.91 Å². The van der Waals surface area contributed by atoms with E-state index in [4.69, 9.17) is 11.6 Å². The fourth-order valence-electron chi connectivity index (χ4n) is 1.51. The second-order valence-corrected chi connectivity index (χ2v) is 4.24. The number of carbonyl (C=O) groups is 1. The minimum absolute atomic E-state index is 0.0212. The third-order valence-corrected chi connectivity index (χ3v) is 2.49. The first-order chi connectivity index (χ1) is 7.56. The Labute approximate surface area is 101 Å². The molecule has 0 aliphatic heterocycles. The third-order valence-electron chi connectivity index (χ3n) is 2.19. The van der Waals surface area contributed by atoms with Crippen molar-refractivity contribution in [1.82, 2.24) is 0 Å². The van der Waals surface area contributed by atoms with Crippen molar-refractivity contribution >= 4 is 28.9 Å². The highest BCUT2D eigenvalue weighted by atomic mass is 35.5. The van der Waals surface area contributed by atoms with Crippen LogP contribution in [0.3, 0.4) is 0 Å². The number of halogens is 1. The number of rotatable bonds is 4. The number of hydrogen-bond acceptors (Lipinski definition) is 2. The van der Waals surface area contributed by atoms with Gasteiger partial charge < -0.3 is 10.2 Å². The SMILES string of the molecule is CCCC(=O)Nc1cccc(Cl)c1N(C)C. The van der Waals surface area contributed by atoms with Crippen molar-refractivity contribution in [3.63, 3.8) is 0 Å². The van der Waals surface area contributed by atoms with Crippen molar-refractivity contribution in [2.24, 2.45) is 0 Å². The Morgan fingerprint density at radius 2 is 2.12 bits per heavy atom. The summed E-state index contributed by atoms with van der Waals surface area (Å²) in [5, 5.41) is 3.51. The minimum atomic E-state index is 0.0212. The molecule has 16 heavy (non-hydrogen) atoms. The first kappa shape index (κ1) is 12.8. The Balaban J connectivity index is 2.95. The summed E-state index contributed by atoms with van der Waals surface area (Å²) in [6, 6.07) is 5.50. The van der Waals surface area contributed by atoms with Gasteiger partial charge in [0.1, 0.15) is 0 Å². The number of benzene rings is 1. The normalized spacial score (nSPS) is 10.0. The molecule has 0 unspecified atom stereocenters. The molecule has 0 atom stereocenters. The molecule has 3 nitrogen and oxygen atoms in total. The number of para-hydroxylation sites is 1. The highest BCUT2D eigenvalue weighted by Crippen LogP contribution is 2.32. The number of amides is 1. The van der Waals surface area contributed by atoms with E-state index in [1.54, 1.807) is 0 Å². The van der Waals surface area contributed by atoms with Gasteiger partial charge in [-0.2, -0.15) is 0 Å². The first-order valence-corrected chi connectivity index (χ1v) is 5.69. The van der Waals surface area contributed by atoms with Gasteiger partial charge in [-0.15, -0.1) is 0 Å². The summed E-state index contributed by atoms with van der Waals surface area (Å²) in [5.41, 5.74) is 1.60. The maximum atomic E-state index is 11.5. The molecule has 0 aliphatic carbocycles. The number of hydrogen-bond donors (Lipinski definition) is 1. The van der Waals surface area contributed by atoms with Crippen LogP contribution in [-0.4, -0.2) is 20.0 Å². The molecule has 0 saturated heterocycles. The number of nitrogens with zero attached hydrogens (tertiary/aromatic N) is 1. The van der Waals surface area contributed by atoms with Crippen LogP contribution in [0.5, 0.6) is 0 Å². The van der Waals surface area contributed by atoms with Crippen molar-refractivity contribution in [1.29, 1.82) is 0 Å². The van der Waals surface area contributed by atoms with Crippen LogP contribution in [0.25, 0.3) is 0 Å². The van der Waals surface area contributed by atoms with Crippen molar-refractivity contribution in [3.05, 3.63) is 23.2 Å². The van der Waals surface area contributed by atoms with E-state index >= 15 is 0 Å². The molecule has 1 aromatic carbocycles. The Kier molecular flexibility index (Phi) is 4.62. The smallest absolute Gasteiger partial charge is 0.224 e. The van der Waals surface area contributed by atoms with E-state index in [0.717, 1.165) is 17.8 Å². The fourth-order valence-corrected chi connectivity index (χ4v) is 1.85. The average Bonchev–Trinajstić information content (AvgIpc) is 2.17. The van der Waals surface area contributed by atoms with Gasteiger partial charge >= 0.3 is 0 Å². The van der Waals surface area contributed by atoms with E-state index in [1.165, 1.54) is 0 Å². The molecule has 1 rings (SSSR count). The third kappa shape index (κ3) is 3.14. The summed E-state index contributed by atoms with van der Waals surface area (Å²) in [6.45, 7) is 1.98. The average molecular weight is 241 g/mol. The van der Waals surface area contributed by atoms with Crippen LogP contribution in [0, 0.1) is 0 Å². The molecule has 0 aliphatic rings. The Morgan fingerprint density at radius 1 is 1.44 bits per heavy atom. The zero-order valence-corrected chi connectivity index (χ0v) is 10.6. The van der Waals surface area contributed by atoms with Gasteiger partial charge in [-0.25, -0.2) is 0 Å². The van der Waals surface area contributed by atoms with Crippen LogP contribution < -0.4 is 10.2 Å². The van der Waals surface area contributed by atoms with Gasteiger partial charge in [0.15, 0.2) is 0 Å². The van der Waals surface area contributed by atoms with Crippen LogP contribution in [0.4, 0.5) is 11.4 Å². The summed E-state index contributed by atoms with van der Waals surface area (Å²) < 4.78 is 0. The molecule has 1 aromatic rings. The zero-order valence-electron chi connectivity index (χ0n) is 9.88. The van der Waals surface area contributed by atoms with Gasteiger partial charge in [-0.05, 0) is 18.6 Å². The maximum absolute atomic E-state index is 11.5. The van der Waals surface area contributed by atoms with Crippen LogP contribution in [0.15, 0.2) is 18.2 Å². The second-order valence-electron chi connectivity index (χ2n) is 3.83. The quantitative estimate of drug-likeness (QED) is 0.877. The summed E-state index contributed by atoms with van der Waals surface area (Å²) in [7, 11) is 3.80. The molecule has 4 heteroatoms. The summed E-state index contributed by atoms with van der Waals surface area (Å²) in [5.74, 6) is 0.0212. The van der Waals surface area contributed by atoms with Gasteiger partial charge in [0, 0.05) is 20.5 Å². The van der Waals surface area contributed by atoms with Crippen LogP contribution in [-0.2, 0) is 4.79 Å². The molecule has 0 radical (unpaired) electrons. The lowest BCUT2D eigenvalue weighted by Crippen LogP contribution is -2.16. The molecular formula is C12H17ClN2O. The van der Waals surface area contributed by atoms with E-state index < -0.39 is 0 Å². The maximum Gasteiger partial charge on any atom is 0.224 e. The summed E-state index contributed by atoms with van der Waals surface area (Å²) >= 11 is 6.09. The molecule has 1 amide bonds. The fraction of sp³-hybridized carbons (Fsp3) is 0.417. The lowest BCUT2D eigenvalue weighted by atomic mass is 10.2. The predicted octanol–water partition coefficient (Wildman–Crippen LogP) is 3.14. The number of nitrogens with one attached hydrogen (secondary N) is 1. The monoisotopic (exact) mass is 240 g/mol. The number of carbonyl (C=O) groups excluding carboxylic acids is 1. The summed E-state index contributed by atoms with van der Waals surface area (Å²) in [4.78, 5) is 13.4. The lowest BCUT2D eigenvalue weighted by Gasteiger charge is -2.19. The molecular weight excluding hydrogens is 224 g/mol. The molecule has 1 N–H and O–H groups in total. The molecule has 0 bridgehead atoms. The van der Waals surface area contributed by atoms with Crippen molar-refractivity contribution in [2.75, 3.05) is 24.3 Å². The van der Waals surface area contributed by atoms with Gasteiger partial charge in [-0.3, -0.25) is 4.79 Å². The van der Waals surface area contributed by atoms with Crippen LogP contribution >= 0.6 is 11.6 Å². The summed E-state index contributed by atoms with van der Waals surface area (Å²) in [6.07, 6.45) is 1.36. The lowest BCUT2D eigenvalue weighted by molar-refractivity contribution is -0.116. The Morgan fingerprint density at radius 3 is 2.69 bits per heavy atom. The largest absolute Gasteiger partial charge is 0.375 e. The van der Waals surface area contributed by atoms with Crippen molar-refractivity contribution < 1.29 is 4.79 Å². The van der Waals surface area contributed by atoms with Crippen LogP contribution in [0.1, 0.15) is 19.8 Å². The Bertz CT molecular complexity index is 377. The van der Waals surface area contributed by atoms with Crippen molar-refractivity contribution in [3.8, 4) is 0 Å². The number of anilines is 2. The molecule has 0 heterocycles. The predicted molar refractivity (Wildman–Crippen MR) is 69.3 cm³/mol. The van der Waals surface area contributed by atoms with Gasteiger partial charge in [0.25, 0.3) is 0 Å². The van der Waals surface area contributed by atoms with Crippen molar-refractivity contribution in [2.45, 2.75) is 19.8 Å². The van der Waals surface area contributed by atoms with E-state index in [2.05, 4.69) is 5.32 Å². The van der Waals surface area contributed by atoms with Crippen LogP contribution in [0.2, 0.25) is 5.02 Å². The molecule has 0 saturated carbocycles. The standard InChI is InChI=1S/C12H17ClN2O/c1-4-6-11(16)14-10-8-5-7-9(13)12(10)15(2)3/h5,7-8H,4,6H2,1-3H3,(H,14,16). The highest BCUT2D eigenvalue weighted by Gasteiger charge is 2.10. The van der Waals surface area contributed by atoms with E-state index in [9.17, 15) is 4.79 Å². The highest BCUT2D eigenvalue weighted by molar-refractivity contribution is 6.34. The molecule has 0 aromatic heterocycles. The van der Waals surface area contributed by atoms with E-state index in [1.807, 2.05) is 44.1 Å². The Hall–Kier alpha value is -1.22. The topological polar surface area (TPSA) is 32.3 Å². The minimum Gasteiger partial charge on any atom is -0.375 e. The second kappa shape index (κ2) is 5.75. The van der Waals surface area contributed by atoms with Gasteiger partial charge in [-0.1, -0.05) is 24.6 Å². The first-order valence-electron chi connectivity index (χ1n) is 5.32.